The van der Waals surface area contributed by atoms with Gasteiger partial charge in [0.15, 0.2) is 0 Å². The Morgan fingerprint density at radius 2 is 2.20 bits per heavy atom. The van der Waals surface area contributed by atoms with E-state index < -0.39 is 11.5 Å². The monoisotopic (exact) mass is 285 g/mol. The summed E-state index contributed by atoms with van der Waals surface area (Å²) in [6.07, 6.45) is 3.43. The van der Waals surface area contributed by atoms with Gasteiger partial charge in [0.2, 0.25) is 0 Å². The number of nitrogens with zero attached hydrogens (tertiary/aromatic N) is 2. The lowest BCUT2D eigenvalue weighted by Crippen LogP contribution is -2.57. The highest BCUT2D eigenvalue weighted by molar-refractivity contribution is 5.78. The number of carbonyl (C=O) groups is 1. The number of likely N-dealkylation sites (N-methyl/N-ethyl adjacent to an activating group) is 2. The molecule has 0 saturated carbocycles. The molecule has 0 aromatic heterocycles. The van der Waals surface area contributed by atoms with Crippen LogP contribution in [0.1, 0.15) is 40.0 Å². The van der Waals surface area contributed by atoms with Gasteiger partial charge in [0, 0.05) is 19.1 Å². The molecular formula is C15H31N3O2. The van der Waals surface area contributed by atoms with Gasteiger partial charge in [0.1, 0.15) is 5.54 Å². The largest absolute Gasteiger partial charge is 0.480 e. The Labute approximate surface area is 123 Å². The lowest BCUT2D eigenvalue weighted by molar-refractivity contribution is -0.145. The van der Waals surface area contributed by atoms with Gasteiger partial charge in [-0.25, -0.2) is 0 Å². The molecule has 5 heteroatoms. The van der Waals surface area contributed by atoms with Gasteiger partial charge in [-0.05, 0) is 52.9 Å². The van der Waals surface area contributed by atoms with Gasteiger partial charge >= 0.3 is 5.97 Å². The molecule has 5 nitrogen and oxygen atoms in total. The minimum atomic E-state index is -0.861. The molecule has 2 N–H and O–H groups in total. The van der Waals surface area contributed by atoms with Crippen molar-refractivity contribution >= 4 is 5.97 Å². The van der Waals surface area contributed by atoms with Crippen LogP contribution in [0.5, 0.6) is 0 Å². The normalized spacial score (nSPS) is 23.1. The predicted molar refractivity (Wildman–Crippen MR) is 82.1 cm³/mol. The van der Waals surface area contributed by atoms with Gasteiger partial charge in [-0.1, -0.05) is 13.8 Å². The molecule has 1 fully saturated rings. The summed E-state index contributed by atoms with van der Waals surface area (Å²) < 4.78 is 0. The van der Waals surface area contributed by atoms with Crippen LogP contribution in [0.15, 0.2) is 0 Å². The second-order valence-electron chi connectivity index (χ2n) is 6.19. The molecule has 1 aliphatic rings. The van der Waals surface area contributed by atoms with E-state index in [1.165, 1.54) is 19.4 Å². The number of hydrogen-bond donors (Lipinski definition) is 2. The van der Waals surface area contributed by atoms with Crippen LogP contribution in [0.3, 0.4) is 0 Å². The molecule has 1 heterocycles. The van der Waals surface area contributed by atoms with Crippen molar-refractivity contribution in [3.63, 3.8) is 0 Å². The number of likely N-dealkylation sites (tertiary alicyclic amines) is 1. The third-order valence-corrected chi connectivity index (χ3v) is 4.25. The maximum absolute atomic E-state index is 11.5. The van der Waals surface area contributed by atoms with E-state index in [1.54, 1.807) is 6.92 Å². The summed E-state index contributed by atoms with van der Waals surface area (Å²) in [6, 6.07) is 0.578. The molecule has 0 radical (unpaired) electrons. The van der Waals surface area contributed by atoms with Gasteiger partial charge in [-0.3, -0.25) is 9.69 Å². The van der Waals surface area contributed by atoms with E-state index in [9.17, 15) is 9.90 Å². The molecule has 0 amide bonds. The summed E-state index contributed by atoms with van der Waals surface area (Å²) in [5, 5.41) is 12.6. The molecule has 118 valence electrons. The lowest BCUT2D eigenvalue weighted by Gasteiger charge is -2.34. The highest BCUT2D eigenvalue weighted by atomic mass is 16.4. The van der Waals surface area contributed by atoms with Gasteiger partial charge in [-0.15, -0.1) is 0 Å². The molecule has 0 aliphatic carbocycles. The summed E-state index contributed by atoms with van der Waals surface area (Å²) >= 11 is 0. The molecule has 1 rings (SSSR count). The zero-order valence-corrected chi connectivity index (χ0v) is 13.5. The average Bonchev–Trinajstić information content (AvgIpc) is 2.83. The summed E-state index contributed by atoms with van der Waals surface area (Å²) in [7, 11) is 2.03. The first-order valence-electron chi connectivity index (χ1n) is 7.84. The zero-order valence-electron chi connectivity index (χ0n) is 13.5. The average molecular weight is 285 g/mol. The van der Waals surface area contributed by atoms with E-state index in [0.717, 1.165) is 26.1 Å². The highest BCUT2D eigenvalue weighted by Crippen LogP contribution is 2.18. The van der Waals surface area contributed by atoms with Crippen LogP contribution in [0.25, 0.3) is 0 Å². The van der Waals surface area contributed by atoms with Crippen LogP contribution in [0.2, 0.25) is 0 Å². The third-order valence-electron chi connectivity index (χ3n) is 4.25. The van der Waals surface area contributed by atoms with Crippen LogP contribution in [0, 0.1) is 0 Å². The van der Waals surface area contributed by atoms with E-state index in [2.05, 4.69) is 29.0 Å². The number of aliphatic carboxylic acids is 1. The second kappa shape index (κ2) is 7.96. The van der Waals surface area contributed by atoms with Crippen LogP contribution >= 0.6 is 0 Å². The molecule has 1 aliphatic heterocycles. The van der Waals surface area contributed by atoms with E-state index in [-0.39, 0.29) is 0 Å². The second-order valence-corrected chi connectivity index (χ2v) is 6.19. The Morgan fingerprint density at radius 3 is 2.75 bits per heavy atom. The summed E-state index contributed by atoms with van der Waals surface area (Å²) in [4.78, 5) is 16.2. The van der Waals surface area contributed by atoms with Gasteiger partial charge in [0.05, 0.1) is 0 Å². The first-order valence-corrected chi connectivity index (χ1v) is 7.84. The van der Waals surface area contributed by atoms with Crippen molar-refractivity contribution in [2.45, 2.75) is 51.6 Å². The number of hydrogen-bond acceptors (Lipinski definition) is 4. The van der Waals surface area contributed by atoms with Gasteiger partial charge < -0.3 is 15.3 Å². The van der Waals surface area contributed by atoms with Crippen molar-refractivity contribution in [2.75, 3.05) is 39.8 Å². The Balaban J connectivity index is 2.53. The minimum absolute atomic E-state index is 0.538. The molecule has 2 atom stereocenters. The number of nitrogens with one attached hydrogen (secondary N) is 1. The van der Waals surface area contributed by atoms with E-state index >= 15 is 0 Å². The fourth-order valence-electron chi connectivity index (χ4n) is 3.08. The lowest BCUT2D eigenvalue weighted by atomic mass is 10.0. The van der Waals surface area contributed by atoms with E-state index in [0.29, 0.717) is 12.6 Å². The van der Waals surface area contributed by atoms with Crippen molar-refractivity contribution in [1.29, 1.82) is 0 Å². The van der Waals surface area contributed by atoms with Crippen LogP contribution in [-0.4, -0.2) is 72.2 Å². The number of carboxylic acids is 1. The van der Waals surface area contributed by atoms with Crippen LogP contribution in [-0.2, 0) is 4.79 Å². The van der Waals surface area contributed by atoms with E-state index in [1.807, 2.05) is 7.05 Å². The van der Waals surface area contributed by atoms with Crippen molar-refractivity contribution in [2.24, 2.45) is 0 Å². The number of rotatable bonds is 9. The minimum Gasteiger partial charge on any atom is -0.480 e. The summed E-state index contributed by atoms with van der Waals surface area (Å²) in [5.74, 6) is -0.767. The SMILES string of the molecule is CCCNC(C)(CN(C)CC1CCCN1CC)C(=O)O. The topological polar surface area (TPSA) is 55.8 Å². The molecule has 2 unspecified atom stereocenters. The molecule has 0 spiro atoms. The molecule has 0 aromatic rings. The molecule has 1 saturated heterocycles. The molecule has 0 bridgehead atoms. The van der Waals surface area contributed by atoms with Crippen molar-refractivity contribution in [3.05, 3.63) is 0 Å². The Bertz CT molecular complexity index is 311. The van der Waals surface area contributed by atoms with Gasteiger partial charge in [0.25, 0.3) is 0 Å². The van der Waals surface area contributed by atoms with Crippen molar-refractivity contribution in [1.82, 2.24) is 15.1 Å². The third kappa shape index (κ3) is 4.72. The molecule has 0 aromatic carbocycles. The zero-order chi connectivity index (χ0) is 15.2. The summed E-state index contributed by atoms with van der Waals surface area (Å²) in [5.41, 5.74) is -0.861. The van der Waals surface area contributed by atoms with Crippen molar-refractivity contribution in [3.8, 4) is 0 Å². The van der Waals surface area contributed by atoms with Crippen LogP contribution in [0.4, 0.5) is 0 Å². The maximum atomic E-state index is 11.5. The first kappa shape index (κ1) is 17.4. The van der Waals surface area contributed by atoms with Gasteiger partial charge in [-0.2, -0.15) is 0 Å². The quantitative estimate of drug-likeness (QED) is 0.668. The first-order chi connectivity index (χ1) is 9.42. The standard InChI is InChI=1S/C15H31N3O2/c1-5-9-16-15(3,14(19)20)12-17(4)11-13-8-7-10-18(13)6-2/h13,16H,5-12H2,1-4H3,(H,19,20). The van der Waals surface area contributed by atoms with Crippen molar-refractivity contribution < 1.29 is 9.90 Å². The maximum Gasteiger partial charge on any atom is 0.324 e. The van der Waals surface area contributed by atoms with E-state index in [4.69, 9.17) is 0 Å². The van der Waals surface area contributed by atoms with Crippen LogP contribution < -0.4 is 5.32 Å². The Hall–Kier alpha value is -0.650. The Kier molecular flexibility index (Phi) is 6.92. The fraction of sp³-hybridized carbons (Fsp3) is 0.933. The predicted octanol–water partition coefficient (Wildman–Crippen LogP) is 1.25. The smallest absolute Gasteiger partial charge is 0.324 e. The molecular weight excluding hydrogens is 254 g/mol. The number of carboxylic acid groups (broad SMARTS) is 1. The summed E-state index contributed by atoms with van der Waals surface area (Å²) in [6.45, 7) is 10.5. The molecule has 20 heavy (non-hydrogen) atoms. The fourth-order valence-corrected chi connectivity index (χ4v) is 3.08. The highest BCUT2D eigenvalue weighted by Gasteiger charge is 2.34. The Morgan fingerprint density at radius 1 is 1.50 bits per heavy atom.